The van der Waals surface area contributed by atoms with E-state index in [9.17, 15) is 5.11 Å². The second-order valence-corrected chi connectivity index (χ2v) is 6.27. The number of aryl methyl sites for hydroxylation is 1. The molecular weight excluding hydrogens is 224 g/mol. The number of para-hydroxylation sites is 1. The van der Waals surface area contributed by atoms with Crippen LogP contribution in [0, 0.1) is 5.41 Å². The van der Waals surface area contributed by atoms with Crippen LogP contribution in [0.4, 0.5) is 5.69 Å². The van der Waals surface area contributed by atoms with Gasteiger partial charge in [0.15, 0.2) is 0 Å². The molecule has 1 heterocycles. The van der Waals surface area contributed by atoms with Gasteiger partial charge in [-0.2, -0.15) is 0 Å². The lowest BCUT2D eigenvalue weighted by molar-refractivity contribution is -0.0668. The molecule has 3 nitrogen and oxygen atoms in total. The van der Waals surface area contributed by atoms with Crippen LogP contribution >= 0.6 is 0 Å². The molecule has 0 aliphatic carbocycles. The molecule has 2 unspecified atom stereocenters. The lowest BCUT2D eigenvalue weighted by atomic mass is 9.69. The molecule has 100 valence electrons. The number of fused-ring (bicyclic) bond motifs is 1. The Morgan fingerprint density at radius 1 is 1.33 bits per heavy atom. The summed E-state index contributed by atoms with van der Waals surface area (Å²) >= 11 is 0. The lowest BCUT2D eigenvalue weighted by Gasteiger charge is -2.47. The molecule has 4 N–H and O–H groups in total. The van der Waals surface area contributed by atoms with Gasteiger partial charge in [-0.15, -0.1) is 0 Å². The smallest absolute Gasteiger partial charge is 0.102 e. The van der Waals surface area contributed by atoms with Gasteiger partial charge in [-0.3, -0.25) is 0 Å². The maximum Gasteiger partial charge on any atom is 0.102 e. The van der Waals surface area contributed by atoms with Gasteiger partial charge in [0.1, 0.15) is 5.60 Å². The van der Waals surface area contributed by atoms with E-state index in [0.717, 1.165) is 18.5 Å². The standard InChI is InChI=1S/C15H24N2O/c1-14(2,3)15(18,10-16)13-9-8-11-6-4-5-7-12(11)17-13/h4-7,13,17-18H,8-10,16H2,1-3H3. The fraction of sp³-hybridized carbons (Fsp3) is 0.600. The number of hydrogen-bond acceptors (Lipinski definition) is 3. The van der Waals surface area contributed by atoms with Crippen LogP contribution in [0.25, 0.3) is 0 Å². The molecule has 18 heavy (non-hydrogen) atoms. The van der Waals surface area contributed by atoms with E-state index in [1.807, 2.05) is 26.8 Å². The van der Waals surface area contributed by atoms with Crippen LogP contribution in [0.3, 0.4) is 0 Å². The maximum atomic E-state index is 10.9. The summed E-state index contributed by atoms with van der Waals surface area (Å²) in [6, 6.07) is 8.29. The van der Waals surface area contributed by atoms with Gasteiger partial charge < -0.3 is 16.2 Å². The van der Waals surface area contributed by atoms with Crippen LogP contribution in [0.5, 0.6) is 0 Å². The van der Waals surface area contributed by atoms with Crippen molar-refractivity contribution in [3.63, 3.8) is 0 Å². The van der Waals surface area contributed by atoms with E-state index >= 15 is 0 Å². The number of nitrogens with two attached hydrogens (primary N) is 1. The number of rotatable bonds is 2. The van der Waals surface area contributed by atoms with Crippen LogP contribution in [0.15, 0.2) is 24.3 Å². The average Bonchev–Trinajstić information content (AvgIpc) is 2.35. The Hall–Kier alpha value is -1.06. The van der Waals surface area contributed by atoms with E-state index in [0.29, 0.717) is 0 Å². The van der Waals surface area contributed by atoms with Gasteiger partial charge in [0, 0.05) is 12.2 Å². The van der Waals surface area contributed by atoms with Crippen LogP contribution in [-0.4, -0.2) is 23.3 Å². The number of benzene rings is 1. The molecule has 0 amide bonds. The zero-order valence-corrected chi connectivity index (χ0v) is 11.5. The lowest BCUT2D eigenvalue weighted by Crippen LogP contribution is -2.61. The molecule has 2 rings (SSSR count). The number of anilines is 1. The fourth-order valence-electron chi connectivity index (χ4n) is 2.77. The predicted octanol–water partition coefficient (Wildman–Crippen LogP) is 2.15. The minimum absolute atomic E-state index is 0.0115. The van der Waals surface area contributed by atoms with Crippen LogP contribution in [0.2, 0.25) is 0 Å². The van der Waals surface area contributed by atoms with Crippen molar-refractivity contribution >= 4 is 5.69 Å². The van der Waals surface area contributed by atoms with Gasteiger partial charge in [-0.05, 0) is 29.9 Å². The Morgan fingerprint density at radius 2 is 2.00 bits per heavy atom. The molecule has 1 aromatic carbocycles. The molecule has 2 atom stereocenters. The van der Waals surface area contributed by atoms with Crippen molar-refractivity contribution in [2.75, 3.05) is 11.9 Å². The van der Waals surface area contributed by atoms with Gasteiger partial charge in [0.05, 0.1) is 6.04 Å². The van der Waals surface area contributed by atoms with Gasteiger partial charge in [-0.1, -0.05) is 39.0 Å². The Balaban J connectivity index is 2.27. The highest BCUT2D eigenvalue weighted by molar-refractivity contribution is 5.54. The first-order chi connectivity index (χ1) is 8.38. The highest BCUT2D eigenvalue weighted by Gasteiger charge is 2.46. The molecular formula is C15H24N2O. The summed E-state index contributed by atoms with van der Waals surface area (Å²) in [6.45, 7) is 6.41. The molecule has 0 spiro atoms. The molecule has 0 saturated heterocycles. The summed E-state index contributed by atoms with van der Waals surface area (Å²) in [4.78, 5) is 0. The van der Waals surface area contributed by atoms with Crippen molar-refractivity contribution in [3.8, 4) is 0 Å². The molecule has 1 aliphatic rings. The Morgan fingerprint density at radius 3 is 2.61 bits per heavy atom. The van der Waals surface area contributed by atoms with Gasteiger partial charge >= 0.3 is 0 Å². The van der Waals surface area contributed by atoms with Gasteiger partial charge in [-0.25, -0.2) is 0 Å². The first kappa shape index (κ1) is 13.4. The molecule has 1 aromatic rings. The first-order valence-electron chi connectivity index (χ1n) is 6.65. The van der Waals surface area contributed by atoms with Crippen LogP contribution in [0.1, 0.15) is 32.8 Å². The van der Waals surface area contributed by atoms with Gasteiger partial charge in [0.25, 0.3) is 0 Å². The zero-order valence-electron chi connectivity index (χ0n) is 11.5. The molecule has 0 aromatic heterocycles. The topological polar surface area (TPSA) is 58.3 Å². The van der Waals surface area contributed by atoms with E-state index < -0.39 is 5.60 Å². The highest BCUT2D eigenvalue weighted by atomic mass is 16.3. The molecule has 0 saturated carbocycles. The molecule has 0 radical (unpaired) electrons. The fourth-order valence-corrected chi connectivity index (χ4v) is 2.77. The second-order valence-electron chi connectivity index (χ2n) is 6.27. The van der Waals surface area contributed by atoms with Crippen molar-refractivity contribution in [3.05, 3.63) is 29.8 Å². The second kappa shape index (κ2) is 4.56. The average molecular weight is 248 g/mol. The Kier molecular flexibility index (Phi) is 3.39. The summed E-state index contributed by atoms with van der Waals surface area (Å²) in [5.41, 5.74) is 7.17. The molecule has 0 bridgehead atoms. The summed E-state index contributed by atoms with van der Waals surface area (Å²) in [7, 11) is 0. The summed E-state index contributed by atoms with van der Waals surface area (Å²) < 4.78 is 0. The summed E-state index contributed by atoms with van der Waals surface area (Å²) in [5, 5.41) is 14.4. The minimum Gasteiger partial charge on any atom is -0.386 e. The Bertz CT molecular complexity index is 425. The van der Waals surface area contributed by atoms with E-state index in [-0.39, 0.29) is 18.0 Å². The minimum atomic E-state index is -0.888. The largest absolute Gasteiger partial charge is 0.386 e. The molecule has 0 fully saturated rings. The third-order valence-corrected chi connectivity index (χ3v) is 4.24. The Labute approximate surface area is 109 Å². The van der Waals surface area contributed by atoms with Crippen LogP contribution < -0.4 is 11.1 Å². The number of aliphatic hydroxyl groups is 1. The number of hydrogen-bond donors (Lipinski definition) is 3. The van der Waals surface area contributed by atoms with Crippen molar-refractivity contribution in [2.45, 2.75) is 45.3 Å². The third kappa shape index (κ3) is 2.13. The quantitative estimate of drug-likeness (QED) is 0.751. The summed E-state index contributed by atoms with van der Waals surface area (Å²) in [6.07, 6.45) is 1.91. The van der Waals surface area contributed by atoms with E-state index in [1.54, 1.807) is 0 Å². The van der Waals surface area contributed by atoms with E-state index in [2.05, 4.69) is 23.5 Å². The van der Waals surface area contributed by atoms with E-state index in [1.165, 1.54) is 5.56 Å². The monoisotopic (exact) mass is 248 g/mol. The first-order valence-corrected chi connectivity index (χ1v) is 6.65. The van der Waals surface area contributed by atoms with E-state index in [4.69, 9.17) is 5.73 Å². The SMILES string of the molecule is CC(C)(C)C(O)(CN)C1CCc2ccccc2N1. The maximum absolute atomic E-state index is 10.9. The molecule has 1 aliphatic heterocycles. The van der Waals surface area contributed by atoms with Crippen molar-refractivity contribution in [1.82, 2.24) is 0 Å². The van der Waals surface area contributed by atoms with Crippen molar-refractivity contribution in [1.29, 1.82) is 0 Å². The summed E-state index contributed by atoms with van der Waals surface area (Å²) in [5.74, 6) is 0. The van der Waals surface area contributed by atoms with Crippen molar-refractivity contribution in [2.24, 2.45) is 11.1 Å². The molecule has 3 heteroatoms. The predicted molar refractivity (Wildman–Crippen MR) is 75.6 cm³/mol. The zero-order chi connectivity index (χ0) is 13.4. The van der Waals surface area contributed by atoms with Gasteiger partial charge in [0.2, 0.25) is 0 Å². The normalized spacial score (nSPS) is 22.8. The third-order valence-electron chi connectivity index (χ3n) is 4.24. The number of nitrogens with one attached hydrogen (secondary N) is 1. The van der Waals surface area contributed by atoms with Crippen LogP contribution in [-0.2, 0) is 6.42 Å². The highest BCUT2D eigenvalue weighted by Crippen LogP contribution is 2.38. The van der Waals surface area contributed by atoms with Crippen molar-refractivity contribution < 1.29 is 5.11 Å².